The van der Waals surface area contributed by atoms with E-state index in [1.54, 1.807) is 52.1 Å². The highest BCUT2D eigenvalue weighted by Crippen LogP contribution is 2.50. The third kappa shape index (κ3) is 6.62. The highest BCUT2D eigenvalue weighted by atomic mass is 35.5. The average molecular weight is 665 g/mol. The van der Waals surface area contributed by atoms with Gasteiger partial charge in [-0.1, -0.05) is 36.4 Å². The first kappa shape index (κ1) is 33.0. The van der Waals surface area contributed by atoms with Gasteiger partial charge in [0.2, 0.25) is 0 Å². The lowest BCUT2D eigenvalue weighted by Gasteiger charge is -2.31. The van der Waals surface area contributed by atoms with Crippen LogP contribution in [0.5, 0.6) is 5.75 Å². The lowest BCUT2D eigenvalue weighted by atomic mass is 9.99. The van der Waals surface area contributed by atoms with Crippen LogP contribution in [-0.2, 0) is 23.4 Å². The summed E-state index contributed by atoms with van der Waals surface area (Å²) in [4.78, 5) is 25.6. The smallest absolute Gasteiger partial charge is 0.459 e. The van der Waals surface area contributed by atoms with Crippen LogP contribution in [-0.4, -0.2) is 80.2 Å². The fourth-order valence-corrected chi connectivity index (χ4v) is 6.86. The van der Waals surface area contributed by atoms with E-state index in [0.717, 1.165) is 5.39 Å². The number of halogens is 2. The number of fused-ring (bicyclic) bond motifs is 2. The predicted octanol–water partition coefficient (Wildman–Crippen LogP) is 4.67. The summed E-state index contributed by atoms with van der Waals surface area (Å²) in [6.07, 6.45) is -4.36. The number of benzene rings is 2. The van der Waals surface area contributed by atoms with Gasteiger partial charge in [-0.15, -0.1) is 11.6 Å². The zero-order chi connectivity index (χ0) is 32.5. The summed E-state index contributed by atoms with van der Waals surface area (Å²) in [5.74, 6) is -0.124. The fraction of sp³-hybridized carbons (Fsp3) is 0.448. The van der Waals surface area contributed by atoms with E-state index in [9.17, 15) is 14.5 Å². The molecule has 2 aromatic heterocycles. The number of hydrogen-bond donors (Lipinski definition) is 3. The summed E-state index contributed by atoms with van der Waals surface area (Å²) in [6, 6.07) is 11.3. The molecular formula is C29H35ClFN6O7P. The van der Waals surface area contributed by atoms with E-state index in [1.165, 1.54) is 17.8 Å². The quantitative estimate of drug-likeness (QED) is 0.109. The van der Waals surface area contributed by atoms with Crippen LogP contribution in [0.15, 0.2) is 48.8 Å². The van der Waals surface area contributed by atoms with Gasteiger partial charge in [0.05, 0.1) is 24.9 Å². The van der Waals surface area contributed by atoms with Crippen molar-refractivity contribution in [3.05, 3.63) is 54.6 Å². The van der Waals surface area contributed by atoms with Gasteiger partial charge in [-0.25, -0.2) is 23.9 Å². The first-order valence-corrected chi connectivity index (χ1v) is 16.3. The second-order valence-corrected chi connectivity index (χ2v) is 12.9. The number of alkyl halides is 2. The van der Waals surface area contributed by atoms with Crippen LogP contribution in [0.2, 0.25) is 0 Å². The molecular weight excluding hydrogens is 630 g/mol. The fourth-order valence-electron chi connectivity index (χ4n) is 5.00. The van der Waals surface area contributed by atoms with E-state index in [2.05, 4.69) is 25.4 Å². The molecule has 5 rings (SSSR count). The highest BCUT2D eigenvalue weighted by molar-refractivity contribution is 7.52. The Morgan fingerprint density at radius 2 is 1.96 bits per heavy atom. The van der Waals surface area contributed by atoms with Gasteiger partial charge in [0.1, 0.15) is 29.3 Å². The molecule has 0 unspecified atom stereocenters. The van der Waals surface area contributed by atoms with Crippen LogP contribution in [0.25, 0.3) is 21.9 Å². The lowest BCUT2D eigenvalue weighted by Crippen LogP contribution is -2.48. The second-order valence-electron chi connectivity index (χ2n) is 11.0. The number of carbonyl (C=O) groups is 1. The molecule has 6 atom stereocenters. The number of anilines is 1. The third-order valence-electron chi connectivity index (χ3n) is 7.24. The highest BCUT2D eigenvalue weighted by Gasteiger charge is 2.57. The van der Waals surface area contributed by atoms with Crippen molar-refractivity contribution >= 4 is 53.1 Å². The Hall–Kier alpha value is -3.39. The van der Waals surface area contributed by atoms with Crippen molar-refractivity contribution in [3.8, 4) is 5.75 Å². The zero-order valence-corrected chi connectivity index (χ0v) is 27.0. The van der Waals surface area contributed by atoms with Crippen LogP contribution >= 0.6 is 19.3 Å². The molecule has 4 aromatic rings. The summed E-state index contributed by atoms with van der Waals surface area (Å²) in [6.45, 7) is 5.78. The monoisotopic (exact) mass is 664 g/mol. The van der Waals surface area contributed by atoms with Crippen molar-refractivity contribution in [1.29, 1.82) is 0 Å². The summed E-state index contributed by atoms with van der Waals surface area (Å²) in [7, 11) is -2.79. The van der Waals surface area contributed by atoms with Crippen LogP contribution < -0.4 is 14.9 Å². The number of carbonyl (C=O) groups excluding carboxylic acids is 1. The average Bonchev–Trinajstić information content (AvgIpc) is 3.54. The largest absolute Gasteiger partial charge is 0.462 e. The molecule has 1 aliphatic heterocycles. The van der Waals surface area contributed by atoms with Gasteiger partial charge in [-0.3, -0.25) is 13.9 Å². The minimum absolute atomic E-state index is 0.197. The number of aryl methyl sites for hydroxylation is 1. The van der Waals surface area contributed by atoms with Gasteiger partial charge >= 0.3 is 13.7 Å². The van der Waals surface area contributed by atoms with E-state index in [-0.39, 0.29) is 11.4 Å². The third-order valence-corrected chi connectivity index (χ3v) is 9.31. The molecule has 13 nitrogen and oxygen atoms in total. The molecule has 1 aliphatic rings. The van der Waals surface area contributed by atoms with Crippen molar-refractivity contribution in [2.24, 2.45) is 0 Å². The first-order valence-electron chi connectivity index (χ1n) is 14.3. The number of hydrogen-bond acceptors (Lipinski definition) is 11. The Kier molecular flexibility index (Phi) is 9.64. The van der Waals surface area contributed by atoms with Gasteiger partial charge < -0.3 is 24.4 Å². The number of aliphatic hydroxyl groups is 1. The normalized spacial score (nSPS) is 23.7. The molecule has 1 fully saturated rings. The zero-order valence-electron chi connectivity index (χ0n) is 25.3. The van der Waals surface area contributed by atoms with E-state index in [1.807, 2.05) is 18.2 Å². The Labute approximate surface area is 264 Å². The Morgan fingerprint density at radius 3 is 2.67 bits per heavy atom. The predicted molar refractivity (Wildman–Crippen MR) is 166 cm³/mol. The van der Waals surface area contributed by atoms with Crippen molar-refractivity contribution in [2.45, 2.75) is 63.9 Å². The molecule has 1 saturated heterocycles. The van der Waals surface area contributed by atoms with Crippen molar-refractivity contribution in [2.75, 3.05) is 24.9 Å². The Bertz CT molecular complexity index is 1740. The van der Waals surface area contributed by atoms with Gasteiger partial charge in [0.25, 0.3) is 0 Å². The molecule has 0 spiro atoms. The molecule has 16 heteroatoms. The Balaban J connectivity index is 1.45. The molecule has 0 saturated carbocycles. The van der Waals surface area contributed by atoms with Crippen molar-refractivity contribution in [3.63, 3.8) is 0 Å². The van der Waals surface area contributed by atoms with Crippen molar-refractivity contribution in [1.82, 2.24) is 24.6 Å². The molecule has 0 amide bonds. The number of rotatable bonds is 12. The number of imidazole rings is 1. The molecule has 0 bridgehead atoms. The summed E-state index contributed by atoms with van der Waals surface area (Å²) < 4.78 is 54.6. The first-order chi connectivity index (χ1) is 21.4. The SMILES string of the molecule is CNc1nc(C)nc2c1ncn2[C@@H]1O[C@](CCl)(CO[P@](=O)(N[C@H](C)C(=O)OC(C)C)Oc2cccc3ccccc23)[C@@H](O)[C@@H]1F. The van der Waals surface area contributed by atoms with E-state index in [4.69, 9.17) is 30.1 Å². The van der Waals surface area contributed by atoms with Crippen LogP contribution in [0.1, 0.15) is 32.8 Å². The summed E-state index contributed by atoms with van der Waals surface area (Å²) in [5, 5.41) is 18.1. The molecule has 3 N–H and O–H groups in total. The molecule has 0 aliphatic carbocycles. The molecule has 2 aromatic carbocycles. The van der Waals surface area contributed by atoms with Gasteiger partial charge in [0.15, 0.2) is 29.4 Å². The number of esters is 1. The van der Waals surface area contributed by atoms with E-state index >= 15 is 4.39 Å². The van der Waals surface area contributed by atoms with Gasteiger partial charge in [-0.05, 0) is 39.1 Å². The number of nitrogens with one attached hydrogen (secondary N) is 2. The second kappa shape index (κ2) is 13.1. The number of aromatic nitrogens is 4. The van der Waals surface area contributed by atoms with Gasteiger partial charge in [0, 0.05) is 12.4 Å². The molecule has 45 heavy (non-hydrogen) atoms. The lowest BCUT2D eigenvalue weighted by molar-refractivity contribution is -0.149. The topological polar surface area (TPSA) is 159 Å². The van der Waals surface area contributed by atoms with E-state index < -0.39 is 62.5 Å². The molecule has 0 radical (unpaired) electrons. The number of nitrogens with zero attached hydrogens (tertiary/aromatic N) is 4. The van der Waals surface area contributed by atoms with Crippen LogP contribution in [0.4, 0.5) is 10.2 Å². The maximum Gasteiger partial charge on any atom is 0.459 e. The summed E-state index contributed by atoms with van der Waals surface area (Å²) in [5.41, 5.74) is -1.26. The molecule has 3 heterocycles. The van der Waals surface area contributed by atoms with Crippen LogP contribution in [0.3, 0.4) is 0 Å². The van der Waals surface area contributed by atoms with Crippen LogP contribution in [0, 0.1) is 6.92 Å². The minimum atomic E-state index is -4.46. The van der Waals surface area contributed by atoms with Crippen molar-refractivity contribution < 1.29 is 37.4 Å². The van der Waals surface area contributed by atoms with Gasteiger partial charge in [-0.2, -0.15) is 5.09 Å². The standard InChI is InChI=1S/C29H35ClFN6O7P/c1-16(2)42-28(39)17(3)36-45(40,44-21-12-8-10-19-9-6-7-11-20(19)21)41-14-29(13-30)24(38)22(31)27(43-29)37-15-33-23-25(32-5)34-18(4)35-26(23)37/h6-12,15-17,22,24,27,38H,13-14H2,1-5H3,(H,36,40)(H,32,34,35)/t17-,22+,24+,27-,29-,45-/m1/s1. The summed E-state index contributed by atoms with van der Waals surface area (Å²) >= 11 is 6.31. The Morgan fingerprint density at radius 1 is 1.22 bits per heavy atom. The maximum atomic E-state index is 15.8. The number of aliphatic hydroxyl groups excluding tert-OH is 1. The minimum Gasteiger partial charge on any atom is -0.462 e. The molecule has 242 valence electrons. The maximum absolute atomic E-state index is 15.8. The number of ether oxygens (including phenoxy) is 2. The van der Waals surface area contributed by atoms with E-state index in [0.29, 0.717) is 22.5 Å².